The molecule has 0 spiro atoms. The summed E-state index contributed by atoms with van der Waals surface area (Å²) in [6.45, 7) is 6.04. The molecule has 8 N–H and O–H groups in total. The SMILES string of the molecule is CC(C)C[C@@H](NC(=O)[C@@H](CCc1ccccc1)NC(=O)[C@H](N)Cc1ccccc1)C(=O)N[C@H](CCCCN)C(=O)N1CCC(N2CCCC2C(=O)O)CC1. The fourth-order valence-electron chi connectivity index (χ4n) is 7.59. The van der Waals surface area contributed by atoms with Gasteiger partial charge in [-0.25, -0.2) is 0 Å². The van der Waals surface area contributed by atoms with E-state index in [2.05, 4.69) is 20.9 Å². The molecular formula is C41H61N7O6. The zero-order valence-corrected chi connectivity index (χ0v) is 32.0. The minimum atomic E-state index is -0.957. The number of aliphatic carboxylic acids is 1. The first-order chi connectivity index (χ1) is 26.0. The van der Waals surface area contributed by atoms with Gasteiger partial charge in [-0.15, -0.1) is 0 Å². The van der Waals surface area contributed by atoms with Gasteiger partial charge in [0.2, 0.25) is 23.6 Å². The molecule has 2 heterocycles. The third-order valence-corrected chi connectivity index (χ3v) is 10.6. The zero-order valence-electron chi connectivity index (χ0n) is 32.0. The second-order valence-electron chi connectivity index (χ2n) is 15.2. The first-order valence-electron chi connectivity index (χ1n) is 19.7. The minimum absolute atomic E-state index is 0.0309. The Bertz CT molecular complexity index is 1500. The van der Waals surface area contributed by atoms with E-state index in [1.807, 2.05) is 74.5 Å². The zero-order chi connectivity index (χ0) is 39.0. The number of nitrogens with one attached hydrogen (secondary N) is 3. The van der Waals surface area contributed by atoms with Crippen LogP contribution in [0.25, 0.3) is 0 Å². The largest absolute Gasteiger partial charge is 0.480 e. The smallest absolute Gasteiger partial charge is 0.320 e. The number of nitrogens with two attached hydrogens (primary N) is 2. The van der Waals surface area contributed by atoms with Crippen LogP contribution < -0.4 is 27.4 Å². The third-order valence-electron chi connectivity index (χ3n) is 10.6. The van der Waals surface area contributed by atoms with Crippen molar-refractivity contribution in [2.45, 2.75) is 121 Å². The number of benzene rings is 2. The van der Waals surface area contributed by atoms with E-state index < -0.39 is 53.9 Å². The quantitative estimate of drug-likeness (QED) is 0.110. The number of hydrogen-bond acceptors (Lipinski definition) is 8. The maximum absolute atomic E-state index is 14.0. The number of carboxylic acid groups (broad SMARTS) is 1. The van der Waals surface area contributed by atoms with Gasteiger partial charge in [-0.1, -0.05) is 74.5 Å². The monoisotopic (exact) mass is 747 g/mol. The number of hydrogen-bond donors (Lipinski definition) is 6. The maximum Gasteiger partial charge on any atom is 0.320 e. The fraction of sp³-hybridized carbons (Fsp3) is 0.585. The lowest BCUT2D eigenvalue weighted by Crippen LogP contribution is -2.59. The Morgan fingerprint density at radius 2 is 1.35 bits per heavy atom. The van der Waals surface area contributed by atoms with Gasteiger partial charge in [0.1, 0.15) is 24.2 Å². The molecular weight excluding hydrogens is 686 g/mol. The van der Waals surface area contributed by atoms with E-state index in [1.165, 1.54) is 0 Å². The van der Waals surface area contributed by atoms with Gasteiger partial charge in [-0.3, -0.25) is 28.9 Å². The lowest BCUT2D eigenvalue weighted by molar-refractivity contribution is -0.144. The molecule has 2 aliphatic heterocycles. The van der Waals surface area contributed by atoms with Crippen molar-refractivity contribution in [1.82, 2.24) is 25.8 Å². The third kappa shape index (κ3) is 12.9. The van der Waals surface area contributed by atoms with Crippen molar-refractivity contribution in [3.8, 4) is 0 Å². The van der Waals surface area contributed by atoms with Crippen LogP contribution in [0.5, 0.6) is 0 Å². The van der Waals surface area contributed by atoms with Gasteiger partial charge < -0.3 is 37.4 Å². The Hall–Kier alpha value is -4.33. The van der Waals surface area contributed by atoms with E-state index in [1.54, 1.807) is 4.90 Å². The lowest BCUT2D eigenvalue weighted by Gasteiger charge is -2.39. The average molecular weight is 748 g/mol. The molecule has 4 amide bonds. The molecule has 0 aliphatic carbocycles. The number of nitrogens with zero attached hydrogens (tertiary/aromatic N) is 2. The highest BCUT2D eigenvalue weighted by Gasteiger charge is 2.38. The molecule has 0 saturated carbocycles. The van der Waals surface area contributed by atoms with Crippen molar-refractivity contribution in [1.29, 1.82) is 0 Å². The molecule has 2 aromatic rings. The predicted octanol–water partition coefficient (Wildman–Crippen LogP) is 2.36. The summed E-state index contributed by atoms with van der Waals surface area (Å²) in [7, 11) is 0. The topological polar surface area (TPSA) is 200 Å². The second-order valence-corrected chi connectivity index (χ2v) is 15.2. The first-order valence-corrected chi connectivity index (χ1v) is 19.7. The molecule has 0 radical (unpaired) electrons. The van der Waals surface area contributed by atoms with Crippen molar-refractivity contribution in [2.75, 3.05) is 26.2 Å². The van der Waals surface area contributed by atoms with Crippen LogP contribution in [0.1, 0.15) is 82.8 Å². The molecule has 4 rings (SSSR count). The van der Waals surface area contributed by atoms with Crippen molar-refractivity contribution < 1.29 is 29.1 Å². The predicted molar refractivity (Wildman–Crippen MR) is 208 cm³/mol. The number of carbonyl (C=O) groups excluding carboxylic acids is 4. The van der Waals surface area contributed by atoms with Gasteiger partial charge in [-0.05, 0) is 101 Å². The van der Waals surface area contributed by atoms with Crippen LogP contribution in [0.2, 0.25) is 0 Å². The molecule has 13 nitrogen and oxygen atoms in total. The Balaban J connectivity index is 1.44. The van der Waals surface area contributed by atoms with E-state index in [0.717, 1.165) is 24.1 Å². The summed E-state index contributed by atoms with van der Waals surface area (Å²) >= 11 is 0. The number of likely N-dealkylation sites (tertiary alicyclic amines) is 2. The summed E-state index contributed by atoms with van der Waals surface area (Å²) < 4.78 is 0. The molecule has 2 saturated heterocycles. The summed E-state index contributed by atoms with van der Waals surface area (Å²) in [5, 5.41) is 18.4. The lowest BCUT2D eigenvalue weighted by atomic mass is 9.98. The molecule has 2 fully saturated rings. The normalized spacial score (nSPS) is 18.8. The minimum Gasteiger partial charge on any atom is -0.480 e. The molecule has 54 heavy (non-hydrogen) atoms. The van der Waals surface area contributed by atoms with E-state index in [4.69, 9.17) is 11.5 Å². The van der Waals surface area contributed by atoms with Crippen molar-refractivity contribution in [2.24, 2.45) is 17.4 Å². The standard InChI is InChI=1S/C41H61N7O6/c1-28(2)26-35(46-38(50)33(19-18-29-12-5-3-6-13-29)44-37(49)32(43)27-30-14-7-4-8-15-30)39(51)45-34(16-9-10-22-42)40(52)47-24-20-31(21-25-47)48-23-11-17-36(48)41(53)54/h3-8,12-15,28,31-36H,9-11,16-27,42-43H2,1-2H3,(H,44,49)(H,45,51)(H,46,50)(H,53,54)/t32-,33-,34-,35-,36?/m1/s1. The number of carboxylic acids is 1. The van der Waals surface area contributed by atoms with E-state index in [9.17, 15) is 29.1 Å². The highest BCUT2D eigenvalue weighted by atomic mass is 16.4. The molecule has 5 atom stereocenters. The van der Waals surface area contributed by atoms with Gasteiger partial charge in [-0.2, -0.15) is 0 Å². The summed E-state index contributed by atoms with van der Waals surface area (Å²) in [5.74, 6) is -2.38. The highest BCUT2D eigenvalue weighted by molar-refractivity contribution is 5.95. The fourth-order valence-corrected chi connectivity index (χ4v) is 7.59. The molecule has 2 aliphatic rings. The van der Waals surface area contributed by atoms with E-state index >= 15 is 0 Å². The van der Waals surface area contributed by atoms with Crippen LogP contribution in [0.15, 0.2) is 60.7 Å². The van der Waals surface area contributed by atoms with Crippen LogP contribution >= 0.6 is 0 Å². The van der Waals surface area contributed by atoms with E-state index in [0.29, 0.717) is 77.4 Å². The van der Waals surface area contributed by atoms with Gasteiger partial charge in [0, 0.05) is 19.1 Å². The van der Waals surface area contributed by atoms with Crippen LogP contribution in [-0.4, -0.2) is 107 Å². The van der Waals surface area contributed by atoms with Crippen LogP contribution in [0.4, 0.5) is 0 Å². The van der Waals surface area contributed by atoms with Gasteiger partial charge >= 0.3 is 5.97 Å². The van der Waals surface area contributed by atoms with Crippen molar-refractivity contribution in [3.05, 3.63) is 71.8 Å². The van der Waals surface area contributed by atoms with Crippen molar-refractivity contribution in [3.63, 3.8) is 0 Å². The summed E-state index contributed by atoms with van der Waals surface area (Å²) in [4.78, 5) is 70.9. The number of amides is 4. The number of unbranched alkanes of at least 4 members (excludes halogenated alkanes) is 1. The van der Waals surface area contributed by atoms with Crippen LogP contribution in [-0.2, 0) is 36.8 Å². The Labute approximate surface area is 320 Å². The first kappa shape index (κ1) is 42.4. The summed E-state index contributed by atoms with van der Waals surface area (Å²) in [6, 6.07) is 15.1. The Kier molecular flexibility index (Phi) is 16.9. The molecule has 0 bridgehead atoms. The number of aryl methyl sites for hydroxylation is 1. The van der Waals surface area contributed by atoms with Crippen LogP contribution in [0.3, 0.4) is 0 Å². The number of piperidine rings is 1. The molecule has 2 aromatic carbocycles. The molecule has 13 heteroatoms. The molecule has 296 valence electrons. The summed E-state index contributed by atoms with van der Waals surface area (Å²) in [6.07, 6.45) is 5.95. The van der Waals surface area contributed by atoms with Gasteiger partial charge in [0.05, 0.1) is 6.04 Å². The average Bonchev–Trinajstić information content (AvgIpc) is 3.67. The summed E-state index contributed by atoms with van der Waals surface area (Å²) in [5.41, 5.74) is 14.0. The van der Waals surface area contributed by atoms with Gasteiger partial charge in [0.15, 0.2) is 0 Å². The highest BCUT2D eigenvalue weighted by Crippen LogP contribution is 2.27. The van der Waals surface area contributed by atoms with Crippen molar-refractivity contribution >= 4 is 29.6 Å². The Morgan fingerprint density at radius 1 is 0.759 bits per heavy atom. The second kappa shape index (κ2) is 21.5. The van der Waals surface area contributed by atoms with Crippen LogP contribution in [0, 0.1) is 5.92 Å². The van der Waals surface area contributed by atoms with Gasteiger partial charge in [0.25, 0.3) is 0 Å². The number of rotatable bonds is 20. The molecule has 1 unspecified atom stereocenters. The molecule has 0 aromatic heterocycles. The maximum atomic E-state index is 14.0. The Morgan fingerprint density at radius 3 is 1.96 bits per heavy atom. The van der Waals surface area contributed by atoms with E-state index in [-0.39, 0.29) is 24.3 Å². The number of carbonyl (C=O) groups is 5.